The molecule has 0 aromatic heterocycles. The summed E-state index contributed by atoms with van der Waals surface area (Å²) in [5.74, 6) is -0.462. The van der Waals surface area contributed by atoms with Crippen molar-refractivity contribution in [3.63, 3.8) is 0 Å². The van der Waals surface area contributed by atoms with Gasteiger partial charge in [-0.1, -0.05) is 12.1 Å². The first kappa shape index (κ1) is 12.8. The summed E-state index contributed by atoms with van der Waals surface area (Å²) in [6.45, 7) is 1.18. The minimum absolute atomic E-state index is 0.111. The van der Waals surface area contributed by atoms with Gasteiger partial charge in [0.15, 0.2) is 18.2 Å². The molecule has 5 heteroatoms. The monoisotopic (exact) mass is 252 g/mol. The lowest BCUT2D eigenvalue weighted by atomic mass is 10.1. The first-order chi connectivity index (χ1) is 8.66. The highest BCUT2D eigenvalue weighted by molar-refractivity contribution is 5.77. The molecule has 0 atom stereocenters. The Kier molecular flexibility index (Phi) is 4.15. The number of amides is 1. The maximum atomic E-state index is 13.3. The van der Waals surface area contributed by atoms with Crippen LogP contribution in [0.4, 0.5) is 4.39 Å². The van der Waals surface area contributed by atoms with Crippen LogP contribution < -0.4 is 10.5 Å². The number of likely N-dealkylation sites (tertiary alicyclic amines) is 1. The van der Waals surface area contributed by atoms with E-state index in [2.05, 4.69) is 0 Å². The lowest BCUT2D eigenvalue weighted by molar-refractivity contribution is -0.134. The molecule has 18 heavy (non-hydrogen) atoms. The number of rotatable bonds is 3. The number of benzene rings is 1. The van der Waals surface area contributed by atoms with Crippen LogP contribution in [0.5, 0.6) is 5.75 Å². The summed E-state index contributed by atoms with van der Waals surface area (Å²) in [4.78, 5) is 13.5. The summed E-state index contributed by atoms with van der Waals surface area (Å²) in [7, 11) is 0. The second-order valence-electron chi connectivity index (χ2n) is 4.44. The van der Waals surface area contributed by atoms with E-state index in [-0.39, 0.29) is 24.3 Å². The molecule has 1 aliphatic heterocycles. The van der Waals surface area contributed by atoms with Crippen LogP contribution in [0, 0.1) is 5.82 Å². The first-order valence-electron chi connectivity index (χ1n) is 6.07. The zero-order valence-electron chi connectivity index (χ0n) is 10.1. The van der Waals surface area contributed by atoms with Gasteiger partial charge in [-0.05, 0) is 25.0 Å². The number of hydrogen-bond donors (Lipinski definition) is 1. The molecule has 2 N–H and O–H groups in total. The Morgan fingerprint density at radius 2 is 2.06 bits per heavy atom. The van der Waals surface area contributed by atoms with Crippen LogP contribution >= 0.6 is 0 Å². The van der Waals surface area contributed by atoms with Crippen molar-refractivity contribution in [2.24, 2.45) is 5.73 Å². The molecule has 2 rings (SSSR count). The van der Waals surface area contributed by atoms with Crippen LogP contribution in [0.15, 0.2) is 24.3 Å². The van der Waals surface area contributed by atoms with Crippen LogP contribution in [0.25, 0.3) is 0 Å². The van der Waals surface area contributed by atoms with Gasteiger partial charge >= 0.3 is 0 Å². The molecule has 1 aromatic carbocycles. The topological polar surface area (TPSA) is 55.6 Å². The number of piperidine rings is 1. The van der Waals surface area contributed by atoms with Crippen molar-refractivity contribution in [3.8, 4) is 5.75 Å². The fourth-order valence-electron chi connectivity index (χ4n) is 1.94. The van der Waals surface area contributed by atoms with E-state index in [1.807, 2.05) is 0 Å². The van der Waals surface area contributed by atoms with Crippen LogP contribution in [0.1, 0.15) is 12.8 Å². The second kappa shape index (κ2) is 5.82. The van der Waals surface area contributed by atoms with Gasteiger partial charge in [-0.3, -0.25) is 4.79 Å². The predicted molar refractivity (Wildman–Crippen MR) is 65.7 cm³/mol. The molecular formula is C13H17FN2O2. The largest absolute Gasteiger partial charge is 0.481 e. The normalized spacial score (nSPS) is 16.7. The van der Waals surface area contributed by atoms with E-state index < -0.39 is 5.82 Å². The number of carbonyl (C=O) groups excluding carboxylic acids is 1. The number of carbonyl (C=O) groups is 1. The molecule has 0 spiro atoms. The Bertz CT molecular complexity index is 417. The number of nitrogens with two attached hydrogens (primary N) is 1. The van der Waals surface area contributed by atoms with Gasteiger partial charge in [0.05, 0.1) is 0 Å². The van der Waals surface area contributed by atoms with Crippen molar-refractivity contribution in [2.75, 3.05) is 19.7 Å². The molecule has 1 aromatic rings. The number of nitrogens with zero attached hydrogens (tertiary/aromatic N) is 1. The van der Waals surface area contributed by atoms with Gasteiger partial charge in [0, 0.05) is 19.1 Å². The highest BCUT2D eigenvalue weighted by Crippen LogP contribution is 2.16. The molecule has 1 heterocycles. The van der Waals surface area contributed by atoms with Gasteiger partial charge < -0.3 is 15.4 Å². The Morgan fingerprint density at radius 3 is 2.72 bits per heavy atom. The first-order valence-corrected chi connectivity index (χ1v) is 6.07. The number of ether oxygens (including phenoxy) is 1. The third-order valence-corrected chi connectivity index (χ3v) is 3.08. The zero-order chi connectivity index (χ0) is 13.0. The summed E-state index contributed by atoms with van der Waals surface area (Å²) in [5.41, 5.74) is 5.76. The van der Waals surface area contributed by atoms with Gasteiger partial charge in [0.25, 0.3) is 5.91 Å². The highest BCUT2D eigenvalue weighted by atomic mass is 19.1. The maximum Gasteiger partial charge on any atom is 0.260 e. The number of para-hydroxylation sites is 1. The number of halogens is 1. The Hall–Kier alpha value is -1.62. The third-order valence-electron chi connectivity index (χ3n) is 3.08. The van der Waals surface area contributed by atoms with Crippen LogP contribution in [-0.2, 0) is 4.79 Å². The van der Waals surface area contributed by atoms with Gasteiger partial charge in [-0.2, -0.15) is 0 Å². The van der Waals surface area contributed by atoms with E-state index in [0.29, 0.717) is 13.1 Å². The second-order valence-corrected chi connectivity index (χ2v) is 4.44. The molecule has 0 bridgehead atoms. The smallest absolute Gasteiger partial charge is 0.260 e. The standard InChI is InChI=1S/C13H17FN2O2/c14-11-3-1-2-4-12(11)18-9-13(17)16-7-5-10(15)6-8-16/h1-4,10H,5-9,15H2. The molecule has 98 valence electrons. The van der Waals surface area contributed by atoms with Crippen molar-refractivity contribution in [1.29, 1.82) is 0 Å². The molecule has 0 radical (unpaired) electrons. The Balaban J connectivity index is 1.83. The molecular weight excluding hydrogens is 235 g/mol. The maximum absolute atomic E-state index is 13.3. The fourth-order valence-corrected chi connectivity index (χ4v) is 1.94. The van der Waals surface area contributed by atoms with Crippen LogP contribution in [-0.4, -0.2) is 36.5 Å². The van der Waals surface area contributed by atoms with Gasteiger partial charge in [0.1, 0.15) is 0 Å². The van der Waals surface area contributed by atoms with E-state index in [9.17, 15) is 9.18 Å². The summed E-state index contributed by atoms with van der Waals surface area (Å²) in [6, 6.07) is 6.24. The zero-order valence-corrected chi connectivity index (χ0v) is 10.1. The van der Waals surface area contributed by atoms with Crippen molar-refractivity contribution in [1.82, 2.24) is 4.90 Å². The van der Waals surface area contributed by atoms with E-state index in [1.165, 1.54) is 12.1 Å². The van der Waals surface area contributed by atoms with Crippen molar-refractivity contribution < 1.29 is 13.9 Å². The van der Waals surface area contributed by atoms with Crippen LogP contribution in [0.2, 0.25) is 0 Å². The Labute approximate surface area is 106 Å². The SMILES string of the molecule is NC1CCN(C(=O)COc2ccccc2F)CC1. The van der Waals surface area contributed by atoms with Crippen molar-refractivity contribution in [2.45, 2.75) is 18.9 Å². The van der Waals surface area contributed by atoms with E-state index in [4.69, 9.17) is 10.5 Å². The van der Waals surface area contributed by atoms with E-state index >= 15 is 0 Å². The minimum atomic E-state index is -0.453. The molecule has 1 fully saturated rings. The molecule has 1 saturated heterocycles. The fraction of sp³-hybridized carbons (Fsp3) is 0.462. The molecule has 0 unspecified atom stereocenters. The predicted octanol–water partition coefficient (Wildman–Crippen LogP) is 1.15. The summed E-state index contributed by atoms with van der Waals surface area (Å²) >= 11 is 0. The lowest BCUT2D eigenvalue weighted by Crippen LogP contribution is -2.44. The summed E-state index contributed by atoms with van der Waals surface area (Å²) < 4.78 is 18.4. The molecule has 0 saturated carbocycles. The van der Waals surface area contributed by atoms with Gasteiger partial charge in [0.2, 0.25) is 0 Å². The third kappa shape index (κ3) is 3.20. The van der Waals surface area contributed by atoms with E-state index in [1.54, 1.807) is 17.0 Å². The highest BCUT2D eigenvalue weighted by Gasteiger charge is 2.20. The average molecular weight is 252 g/mol. The molecule has 4 nitrogen and oxygen atoms in total. The summed E-state index contributed by atoms with van der Waals surface area (Å²) in [5, 5.41) is 0. The quantitative estimate of drug-likeness (QED) is 0.878. The van der Waals surface area contributed by atoms with Gasteiger partial charge in [-0.15, -0.1) is 0 Å². The molecule has 0 aliphatic carbocycles. The minimum Gasteiger partial charge on any atom is -0.481 e. The van der Waals surface area contributed by atoms with E-state index in [0.717, 1.165) is 12.8 Å². The average Bonchev–Trinajstić information content (AvgIpc) is 2.38. The van der Waals surface area contributed by atoms with Gasteiger partial charge in [-0.25, -0.2) is 4.39 Å². The molecule has 1 amide bonds. The number of hydrogen-bond acceptors (Lipinski definition) is 3. The summed E-state index contributed by atoms with van der Waals surface area (Å²) in [6.07, 6.45) is 1.62. The molecule has 1 aliphatic rings. The Morgan fingerprint density at radius 1 is 1.39 bits per heavy atom. The van der Waals surface area contributed by atoms with Crippen LogP contribution in [0.3, 0.4) is 0 Å². The van der Waals surface area contributed by atoms with Crippen molar-refractivity contribution >= 4 is 5.91 Å². The van der Waals surface area contributed by atoms with Crippen molar-refractivity contribution in [3.05, 3.63) is 30.1 Å². The lowest BCUT2D eigenvalue weighted by Gasteiger charge is -2.30.